The Labute approximate surface area is 189 Å². The van der Waals surface area contributed by atoms with E-state index in [0.29, 0.717) is 16.5 Å². The lowest BCUT2D eigenvalue weighted by molar-refractivity contribution is 0.0694. The molecule has 0 atom stereocenters. The Kier molecular flexibility index (Phi) is 6.58. The minimum atomic E-state index is -1.16. The van der Waals surface area contributed by atoms with Gasteiger partial charge in [0.1, 0.15) is 5.75 Å². The number of aryl methyl sites for hydroxylation is 1. The summed E-state index contributed by atoms with van der Waals surface area (Å²) in [6.07, 6.45) is 2.62. The van der Waals surface area contributed by atoms with Gasteiger partial charge in [-0.15, -0.1) is 0 Å². The standard InChI is InChI=1S/C24H24FN3O5/c1-2-3-16-4-7-19(8-5-16)27-11-10-17-12-20(9-6-18(17)13-27)33-24(31)32-15-28-14-21(25)22(29)26-23(28)30/h4-9,12,14H,2-3,10-11,13,15H2,1H3,(H,26,29,30). The summed E-state index contributed by atoms with van der Waals surface area (Å²) in [6.45, 7) is 3.17. The van der Waals surface area contributed by atoms with Crippen molar-refractivity contribution in [1.82, 2.24) is 9.55 Å². The summed E-state index contributed by atoms with van der Waals surface area (Å²) in [4.78, 5) is 38.7. The Morgan fingerprint density at radius 2 is 1.91 bits per heavy atom. The van der Waals surface area contributed by atoms with Gasteiger partial charge in [0.15, 0.2) is 6.73 Å². The van der Waals surface area contributed by atoms with Crippen LogP contribution in [-0.2, 0) is 30.9 Å². The number of anilines is 1. The van der Waals surface area contributed by atoms with Gasteiger partial charge in [0, 0.05) is 18.8 Å². The van der Waals surface area contributed by atoms with E-state index in [1.807, 2.05) is 6.07 Å². The highest BCUT2D eigenvalue weighted by Crippen LogP contribution is 2.28. The molecule has 0 saturated carbocycles. The summed E-state index contributed by atoms with van der Waals surface area (Å²) in [7, 11) is 0. The van der Waals surface area contributed by atoms with Crippen molar-refractivity contribution in [2.75, 3.05) is 11.4 Å². The molecule has 1 aromatic heterocycles. The minimum absolute atomic E-state index is 0.316. The summed E-state index contributed by atoms with van der Waals surface area (Å²) in [6, 6.07) is 14.0. The summed E-state index contributed by atoms with van der Waals surface area (Å²) in [5.74, 6) is -0.844. The van der Waals surface area contributed by atoms with Crippen LogP contribution >= 0.6 is 0 Å². The Morgan fingerprint density at radius 1 is 1.12 bits per heavy atom. The van der Waals surface area contributed by atoms with Crippen molar-refractivity contribution in [3.8, 4) is 5.75 Å². The van der Waals surface area contributed by atoms with Gasteiger partial charge in [-0.05, 0) is 53.8 Å². The number of aromatic nitrogens is 2. The SMILES string of the molecule is CCCc1ccc(N2CCc3cc(OC(=O)OCn4cc(F)c(=O)[nH]c4=O)ccc3C2)cc1. The Hall–Kier alpha value is -3.88. The number of benzene rings is 2. The largest absolute Gasteiger partial charge is 0.515 e. The van der Waals surface area contributed by atoms with Crippen molar-refractivity contribution in [2.45, 2.75) is 39.5 Å². The molecule has 2 heterocycles. The van der Waals surface area contributed by atoms with Crippen LogP contribution in [0.5, 0.6) is 5.75 Å². The third kappa shape index (κ3) is 5.31. The molecule has 0 fully saturated rings. The molecule has 0 aliphatic carbocycles. The lowest BCUT2D eigenvalue weighted by atomic mass is 9.98. The lowest BCUT2D eigenvalue weighted by Gasteiger charge is -2.31. The fourth-order valence-electron chi connectivity index (χ4n) is 3.80. The first-order chi connectivity index (χ1) is 15.9. The number of hydrogen-bond donors (Lipinski definition) is 1. The first kappa shape index (κ1) is 22.3. The maximum absolute atomic E-state index is 13.3. The third-order valence-electron chi connectivity index (χ3n) is 5.52. The number of fused-ring (bicyclic) bond motifs is 1. The van der Waals surface area contributed by atoms with E-state index in [-0.39, 0.29) is 0 Å². The van der Waals surface area contributed by atoms with Crippen LogP contribution in [-0.4, -0.2) is 22.3 Å². The van der Waals surface area contributed by atoms with Crippen molar-refractivity contribution in [1.29, 1.82) is 0 Å². The Morgan fingerprint density at radius 3 is 2.67 bits per heavy atom. The van der Waals surface area contributed by atoms with Gasteiger partial charge >= 0.3 is 11.8 Å². The molecule has 1 aliphatic rings. The van der Waals surface area contributed by atoms with Crippen LogP contribution in [0.1, 0.15) is 30.0 Å². The quantitative estimate of drug-likeness (QED) is 0.454. The molecule has 3 aromatic rings. The van der Waals surface area contributed by atoms with Crippen LogP contribution in [0.3, 0.4) is 0 Å². The molecule has 4 rings (SSSR count). The average molecular weight is 453 g/mol. The number of nitrogens with one attached hydrogen (secondary N) is 1. The van der Waals surface area contributed by atoms with E-state index < -0.39 is 30.0 Å². The minimum Gasteiger partial charge on any atom is -0.412 e. The normalized spacial score (nSPS) is 12.8. The number of hydrogen-bond acceptors (Lipinski definition) is 6. The molecule has 1 aliphatic heterocycles. The fourth-order valence-corrected chi connectivity index (χ4v) is 3.80. The smallest absolute Gasteiger partial charge is 0.412 e. The number of carbonyl (C=O) groups excluding carboxylic acids is 1. The number of ether oxygens (including phenoxy) is 2. The number of H-pyrrole nitrogens is 1. The molecule has 0 radical (unpaired) electrons. The van der Waals surface area contributed by atoms with Crippen LogP contribution in [0.4, 0.5) is 14.9 Å². The summed E-state index contributed by atoms with van der Waals surface area (Å²) in [5, 5.41) is 0. The first-order valence-electron chi connectivity index (χ1n) is 10.7. The van der Waals surface area contributed by atoms with Crippen molar-refractivity contribution in [3.63, 3.8) is 0 Å². The van der Waals surface area contributed by atoms with E-state index in [1.54, 1.807) is 17.1 Å². The maximum Gasteiger partial charge on any atom is 0.515 e. The van der Waals surface area contributed by atoms with Crippen LogP contribution in [0.15, 0.2) is 58.3 Å². The van der Waals surface area contributed by atoms with Crippen LogP contribution in [0.25, 0.3) is 0 Å². The van der Waals surface area contributed by atoms with Gasteiger partial charge in [0.25, 0.3) is 5.56 Å². The molecular formula is C24H24FN3O5. The van der Waals surface area contributed by atoms with Gasteiger partial charge in [-0.1, -0.05) is 31.5 Å². The topological polar surface area (TPSA) is 93.6 Å². The van der Waals surface area contributed by atoms with E-state index in [0.717, 1.165) is 43.5 Å². The molecule has 33 heavy (non-hydrogen) atoms. The van der Waals surface area contributed by atoms with Gasteiger partial charge in [0.05, 0.1) is 6.20 Å². The van der Waals surface area contributed by atoms with Crippen LogP contribution in [0.2, 0.25) is 0 Å². The first-order valence-corrected chi connectivity index (χ1v) is 10.7. The number of rotatable bonds is 6. The zero-order valence-electron chi connectivity index (χ0n) is 18.2. The zero-order chi connectivity index (χ0) is 23.4. The van der Waals surface area contributed by atoms with Crippen molar-refractivity contribution < 1.29 is 18.7 Å². The Balaban J connectivity index is 1.36. The molecule has 8 nitrogen and oxygen atoms in total. The number of halogens is 1. The molecule has 0 saturated heterocycles. The molecular weight excluding hydrogens is 429 g/mol. The predicted molar refractivity (Wildman–Crippen MR) is 120 cm³/mol. The van der Waals surface area contributed by atoms with Crippen molar-refractivity contribution >= 4 is 11.8 Å². The second kappa shape index (κ2) is 9.72. The third-order valence-corrected chi connectivity index (χ3v) is 5.52. The highest BCUT2D eigenvalue weighted by molar-refractivity contribution is 5.64. The van der Waals surface area contributed by atoms with Gasteiger partial charge in [0.2, 0.25) is 5.82 Å². The number of aromatic amines is 1. The van der Waals surface area contributed by atoms with E-state index >= 15 is 0 Å². The molecule has 2 aromatic carbocycles. The molecule has 1 N–H and O–H groups in total. The number of carbonyl (C=O) groups is 1. The Bertz CT molecular complexity index is 1270. The predicted octanol–water partition coefficient (Wildman–Crippen LogP) is 3.36. The maximum atomic E-state index is 13.3. The monoisotopic (exact) mass is 453 g/mol. The number of nitrogens with zero attached hydrogens (tertiary/aromatic N) is 2. The van der Waals surface area contributed by atoms with E-state index in [2.05, 4.69) is 36.1 Å². The second-order valence-electron chi connectivity index (χ2n) is 7.85. The lowest BCUT2D eigenvalue weighted by Crippen LogP contribution is -2.32. The zero-order valence-corrected chi connectivity index (χ0v) is 18.2. The fraction of sp³-hybridized carbons (Fsp3) is 0.292. The van der Waals surface area contributed by atoms with Gasteiger partial charge in [-0.3, -0.25) is 14.3 Å². The molecule has 172 valence electrons. The summed E-state index contributed by atoms with van der Waals surface area (Å²) < 4.78 is 24.1. The highest BCUT2D eigenvalue weighted by atomic mass is 19.1. The average Bonchev–Trinajstić information content (AvgIpc) is 2.81. The molecule has 0 amide bonds. The van der Waals surface area contributed by atoms with Gasteiger partial charge < -0.3 is 14.4 Å². The second-order valence-corrected chi connectivity index (χ2v) is 7.85. The molecule has 0 spiro atoms. The molecule has 0 bridgehead atoms. The van der Waals surface area contributed by atoms with Crippen molar-refractivity contribution in [3.05, 3.63) is 92.0 Å². The van der Waals surface area contributed by atoms with Gasteiger partial charge in [-0.2, -0.15) is 4.39 Å². The van der Waals surface area contributed by atoms with E-state index in [4.69, 9.17) is 9.47 Å². The molecule has 0 unspecified atom stereocenters. The summed E-state index contributed by atoms with van der Waals surface area (Å²) in [5.41, 5.74) is 2.71. The van der Waals surface area contributed by atoms with Crippen molar-refractivity contribution in [2.24, 2.45) is 0 Å². The summed E-state index contributed by atoms with van der Waals surface area (Å²) >= 11 is 0. The highest BCUT2D eigenvalue weighted by Gasteiger charge is 2.18. The van der Waals surface area contributed by atoms with Gasteiger partial charge in [-0.25, -0.2) is 9.59 Å². The van der Waals surface area contributed by atoms with E-state index in [9.17, 15) is 18.8 Å². The van der Waals surface area contributed by atoms with Crippen LogP contribution < -0.4 is 20.9 Å². The van der Waals surface area contributed by atoms with Crippen LogP contribution in [0, 0.1) is 5.82 Å². The van der Waals surface area contributed by atoms with E-state index in [1.165, 1.54) is 11.3 Å². The molecule has 9 heteroatoms.